The molecule has 2 aromatic carbocycles. The Hall–Kier alpha value is -3.21. The summed E-state index contributed by atoms with van der Waals surface area (Å²) in [5.74, 6) is 0.730. The Kier molecular flexibility index (Phi) is 5.33. The zero-order valence-electron chi connectivity index (χ0n) is 15.8. The molecule has 1 amide bonds. The number of carbonyl (C=O) groups excluding carboxylic acids is 1. The average molecular weight is 372 g/mol. The lowest BCUT2D eigenvalue weighted by Gasteiger charge is -2.23. The number of nitrogens with zero attached hydrogens (tertiary/aromatic N) is 2. The van der Waals surface area contributed by atoms with Crippen LogP contribution in [-0.4, -0.2) is 15.9 Å². The molecule has 4 rings (SSSR count). The van der Waals surface area contributed by atoms with Gasteiger partial charge in [-0.3, -0.25) is 4.79 Å². The van der Waals surface area contributed by atoms with Crippen molar-refractivity contribution >= 4 is 17.4 Å². The monoisotopic (exact) mass is 372 g/mol. The molecule has 5 heteroatoms. The van der Waals surface area contributed by atoms with Gasteiger partial charge in [0.25, 0.3) is 5.91 Å². The zero-order valence-corrected chi connectivity index (χ0v) is 15.8. The molecule has 1 fully saturated rings. The minimum Gasteiger partial charge on any atom is -0.399 e. The van der Waals surface area contributed by atoms with Crippen LogP contribution in [0.15, 0.2) is 60.8 Å². The van der Waals surface area contributed by atoms with E-state index in [1.165, 1.54) is 19.3 Å². The lowest BCUT2D eigenvalue weighted by atomic mass is 9.86. The molecule has 0 unspecified atom stereocenters. The van der Waals surface area contributed by atoms with E-state index < -0.39 is 0 Å². The van der Waals surface area contributed by atoms with Gasteiger partial charge in [-0.1, -0.05) is 49.6 Å². The van der Waals surface area contributed by atoms with Gasteiger partial charge in [-0.25, -0.2) is 9.97 Å². The molecule has 28 heavy (non-hydrogen) atoms. The van der Waals surface area contributed by atoms with Crippen molar-refractivity contribution in [2.75, 3.05) is 11.1 Å². The van der Waals surface area contributed by atoms with Crippen molar-refractivity contribution < 1.29 is 4.79 Å². The first kappa shape index (κ1) is 18.2. The molecule has 0 atom stereocenters. The van der Waals surface area contributed by atoms with E-state index in [0.29, 0.717) is 17.3 Å². The van der Waals surface area contributed by atoms with Crippen molar-refractivity contribution in [3.05, 3.63) is 72.1 Å². The highest BCUT2D eigenvalue weighted by atomic mass is 16.1. The second-order valence-corrected chi connectivity index (χ2v) is 7.27. The fourth-order valence-electron chi connectivity index (χ4n) is 3.72. The van der Waals surface area contributed by atoms with Gasteiger partial charge in [0.1, 0.15) is 0 Å². The number of nitrogen functional groups attached to an aromatic ring is 1. The number of nitrogens with one attached hydrogen (secondary N) is 1. The fraction of sp³-hybridized carbons (Fsp3) is 0.261. The molecule has 0 aliphatic heterocycles. The largest absolute Gasteiger partial charge is 0.399 e. The van der Waals surface area contributed by atoms with Gasteiger partial charge in [0, 0.05) is 22.7 Å². The molecular weight excluding hydrogens is 348 g/mol. The van der Waals surface area contributed by atoms with Crippen molar-refractivity contribution in [1.29, 1.82) is 0 Å². The van der Waals surface area contributed by atoms with Crippen LogP contribution < -0.4 is 11.1 Å². The second kappa shape index (κ2) is 8.21. The van der Waals surface area contributed by atoms with Crippen LogP contribution in [0.2, 0.25) is 0 Å². The molecule has 1 aliphatic carbocycles. The Labute approximate surface area is 165 Å². The summed E-state index contributed by atoms with van der Waals surface area (Å²) >= 11 is 0. The number of nitrogens with two attached hydrogens (primary N) is 1. The Bertz CT molecular complexity index is 948. The highest BCUT2D eigenvalue weighted by molar-refractivity contribution is 6.04. The Balaban J connectivity index is 1.68. The van der Waals surface area contributed by atoms with E-state index in [-0.39, 0.29) is 5.91 Å². The van der Waals surface area contributed by atoms with Gasteiger partial charge >= 0.3 is 0 Å². The predicted octanol–water partition coefficient (Wildman–Crippen LogP) is 5.03. The summed E-state index contributed by atoms with van der Waals surface area (Å²) in [7, 11) is 0. The Morgan fingerprint density at radius 3 is 2.39 bits per heavy atom. The van der Waals surface area contributed by atoms with Crippen molar-refractivity contribution in [3.63, 3.8) is 0 Å². The van der Waals surface area contributed by atoms with Crippen LogP contribution >= 0.6 is 0 Å². The van der Waals surface area contributed by atoms with E-state index in [2.05, 4.69) is 10.3 Å². The van der Waals surface area contributed by atoms with Crippen LogP contribution in [0.25, 0.3) is 11.3 Å². The molecule has 142 valence electrons. The molecule has 5 nitrogen and oxygen atoms in total. The first-order valence-electron chi connectivity index (χ1n) is 9.80. The van der Waals surface area contributed by atoms with E-state index in [4.69, 9.17) is 10.7 Å². The Morgan fingerprint density at radius 2 is 1.68 bits per heavy atom. The molecule has 3 aromatic rings. The van der Waals surface area contributed by atoms with Gasteiger partial charge in [0.2, 0.25) is 0 Å². The van der Waals surface area contributed by atoms with Gasteiger partial charge in [-0.2, -0.15) is 0 Å². The maximum Gasteiger partial charge on any atom is 0.256 e. The molecule has 0 spiro atoms. The van der Waals surface area contributed by atoms with Gasteiger partial charge in [0.05, 0.1) is 17.6 Å². The lowest BCUT2D eigenvalue weighted by molar-refractivity contribution is 0.102. The highest BCUT2D eigenvalue weighted by Gasteiger charge is 2.23. The summed E-state index contributed by atoms with van der Waals surface area (Å²) in [5, 5.41) is 2.98. The minimum absolute atomic E-state index is 0.160. The Morgan fingerprint density at radius 1 is 0.964 bits per heavy atom. The zero-order chi connectivity index (χ0) is 19.3. The average Bonchev–Trinajstić information content (AvgIpc) is 2.76. The topological polar surface area (TPSA) is 80.9 Å². The van der Waals surface area contributed by atoms with Crippen LogP contribution in [0.3, 0.4) is 0 Å². The molecule has 1 aliphatic rings. The summed E-state index contributed by atoms with van der Waals surface area (Å²) in [6, 6.07) is 16.8. The SMILES string of the molecule is Nc1ccc(-c2cnc(NC(=O)c3ccccc3)c(C3CCCCC3)n2)cc1. The number of benzene rings is 2. The summed E-state index contributed by atoms with van der Waals surface area (Å²) in [4.78, 5) is 22.2. The molecular formula is C23H24N4O. The van der Waals surface area contributed by atoms with E-state index in [0.717, 1.165) is 35.5 Å². The first-order valence-corrected chi connectivity index (χ1v) is 9.80. The summed E-state index contributed by atoms with van der Waals surface area (Å²) in [5.41, 5.74) is 9.80. The van der Waals surface area contributed by atoms with Crippen LogP contribution in [0.5, 0.6) is 0 Å². The second-order valence-electron chi connectivity index (χ2n) is 7.27. The smallest absolute Gasteiger partial charge is 0.256 e. The normalized spacial score (nSPS) is 14.6. The third kappa shape index (κ3) is 4.03. The van der Waals surface area contributed by atoms with Gasteiger partial charge in [0.15, 0.2) is 5.82 Å². The van der Waals surface area contributed by atoms with Gasteiger partial charge in [-0.15, -0.1) is 0 Å². The van der Waals surface area contributed by atoms with E-state index >= 15 is 0 Å². The lowest BCUT2D eigenvalue weighted by Crippen LogP contribution is -2.18. The molecule has 3 N–H and O–H groups in total. The first-order chi connectivity index (χ1) is 13.7. The molecule has 0 saturated heterocycles. The van der Waals surface area contributed by atoms with E-state index in [1.807, 2.05) is 42.5 Å². The van der Waals surface area contributed by atoms with E-state index in [1.54, 1.807) is 18.3 Å². The number of rotatable bonds is 4. The highest BCUT2D eigenvalue weighted by Crippen LogP contribution is 2.35. The number of amides is 1. The number of hydrogen-bond acceptors (Lipinski definition) is 4. The maximum atomic E-state index is 12.6. The minimum atomic E-state index is -0.160. The fourth-order valence-corrected chi connectivity index (χ4v) is 3.72. The van der Waals surface area contributed by atoms with Crippen LogP contribution in [0.1, 0.15) is 54.1 Å². The third-order valence-electron chi connectivity index (χ3n) is 5.27. The van der Waals surface area contributed by atoms with Crippen LogP contribution in [0.4, 0.5) is 11.5 Å². The standard InChI is InChI=1S/C23H24N4O/c24-19-13-11-16(12-14-19)20-15-25-22(21(26-20)17-7-3-1-4-8-17)27-23(28)18-9-5-2-6-10-18/h2,5-6,9-15,17H,1,3-4,7-8,24H2,(H,25,27,28). The number of anilines is 2. The van der Waals surface area contributed by atoms with Crippen LogP contribution in [0, 0.1) is 0 Å². The molecule has 0 radical (unpaired) electrons. The molecule has 1 heterocycles. The number of aromatic nitrogens is 2. The summed E-state index contributed by atoms with van der Waals surface area (Å²) in [6.07, 6.45) is 7.50. The number of carbonyl (C=O) groups is 1. The van der Waals surface area contributed by atoms with Crippen molar-refractivity contribution in [2.24, 2.45) is 0 Å². The van der Waals surface area contributed by atoms with Crippen molar-refractivity contribution in [3.8, 4) is 11.3 Å². The number of hydrogen-bond donors (Lipinski definition) is 2. The van der Waals surface area contributed by atoms with Crippen LogP contribution in [-0.2, 0) is 0 Å². The summed E-state index contributed by atoms with van der Waals surface area (Å²) < 4.78 is 0. The van der Waals surface area contributed by atoms with E-state index in [9.17, 15) is 4.79 Å². The maximum absolute atomic E-state index is 12.6. The predicted molar refractivity (Wildman–Crippen MR) is 112 cm³/mol. The van der Waals surface area contributed by atoms with Crippen molar-refractivity contribution in [1.82, 2.24) is 9.97 Å². The van der Waals surface area contributed by atoms with Gasteiger partial charge < -0.3 is 11.1 Å². The molecule has 1 saturated carbocycles. The molecule has 1 aromatic heterocycles. The quantitative estimate of drug-likeness (QED) is 0.630. The van der Waals surface area contributed by atoms with Gasteiger partial charge in [-0.05, 0) is 37.1 Å². The van der Waals surface area contributed by atoms with Crippen molar-refractivity contribution in [2.45, 2.75) is 38.0 Å². The summed E-state index contributed by atoms with van der Waals surface area (Å²) in [6.45, 7) is 0. The molecule has 0 bridgehead atoms. The third-order valence-corrected chi connectivity index (χ3v) is 5.27.